The average molecular weight is 359 g/mol. The van der Waals surface area contributed by atoms with E-state index < -0.39 is 6.04 Å². The topological polar surface area (TPSA) is 64.7 Å². The van der Waals surface area contributed by atoms with Gasteiger partial charge >= 0.3 is 0 Å². The summed E-state index contributed by atoms with van der Waals surface area (Å²) in [6, 6.07) is 16.0. The first-order valence-electron chi connectivity index (χ1n) is 8.92. The van der Waals surface area contributed by atoms with Crippen LogP contribution in [0.1, 0.15) is 24.1 Å². The van der Waals surface area contributed by atoms with E-state index in [-0.39, 0.29) is 5.91 Å². The second kappa shape index (κ2) is 7.07. The fourth-order valence-electron chi connectivity index (χ4n) is 3.12. The average Bonchev–Trinajstić information content (AvgIpc) is 3.30. The van der Waals surface area contributed by atoms with Crippen LogP contribution in [0.15, 0.2) is 67.1 Å². The number of fused-ring (bicyclic) bond motifs is 1. The maximum atomic E-state index is 12.4. The minimum atomic E-state index is -0.401. The highest BCUT2D eigenvalue weighted by Crippen LogP contribution is 2.19. The van der Waals surface area contributed by atoms with Crippen LogP contribution in [0.3, 0.4) is 0 Å². The molecule has 0 bridgehead atoms. The van der Waals surface area contributed by atoms with Gasteiger partial charge in [-0.1, -0.05) is 42.5 Å². The fourth-order valence-corrected chi connectivity index (χ4v) is 3.12. The summed E-state index contributed by atoms with van der Waals surface area (Å²) < 4.78 is 3.48. The lowest BCUT2D eigenvalue weighted by atomic mass is 10.0. The molecule has 0 aliphatic rings. The molecule has 4 aromatic rings. The molecule has 0 saturated heterocycles. The van der Waals surface area contributed by atoms with Crippen LogP contribution in [0, 0.1) is 6.92 Å². The van der Waals surface area contributed by atoms with E-state index in [0.717, 1.165) is 5.56 Å². The SMILES string of the molecule is Cc1cnn(C(C)C(=O)Nc2ccn(Cc3cccc4ccccc34)n2)c1. The van der Waals surface area contributed by atoms with Crippen LogP contribution in [-0.2, 0) is 11.3 Å². The van der Waals surface area contributed by atoms with Crippen LogP contribution in [0.5, 0.6) is 0 Å². The molecule has 1 unspecified atom stereocenters. The molecule has 6 heteroatoms. The normalized spacial score (nSPS) is 12.2. The molecule has 4 rings (SSSR count). The quantitative estimate of drug-likeness (QED) is 0.590. The Morgan fingerprint density at radius 2 is 1.96 bits per heavy atom. The summed E-state index contributed by atoms with van der Waals surface area (Å²) in [5, 5.41) is 14.0. The van der Waals surface area contributed by atoms with Gasteiger partial charge in [-0.25, -0.2) is 0 Å². The lowest BCUT2D eigenvalue weighted by molar-refractivity contribution is -0.119. The lowest BCUT2D eigenvalue weighted by Crippen LogP contribution is -2.24. The van der Waals surface area contributed by atoms with Crippen molar-refractivity contribution >= 4 is 22.5 Å². The number of carbonyl (C=O) groups is 1. The second-order valence-electron chi connectivity index (χ2n) is 6.70. The zero-order chi connectivity index (χ0) is 18.8. The molecule has 0 saturated carbocycles. The van der Waals surface area contributed by atoms with E-state index in [1.165, 1.54) is 16.3 Å². The smallest absolute Gasteiger partial charge is 0.250 e. The molecule has 0 spiro atoms. The van der Waals surface area contributed by atoms with Crippen LogP contribution in [0.4, 0.5) is 5.82 Å². The molecule has 136 valence electrons. The molecule has 0 aliphatic carbocycles. The molecule has 1 N–H and O–H groups in total. The molecule has 6 nitrogen and oxygen atoms in total. The Bertz CT molecular complexity index is 1090. The van der Waals surface area contributed by atoms with Crippen molar-refractivity contribution in [1.82, 2.24) is 19.6 Å². The van der Waals surface area contributed by atoms with Crippen LogP contribution in [-0.4, -0.2) is 25.5 Å². The van der Waals surface area contributed by atoms with Crippen LogP contribution >= 0.6 is 0 Å². The molecule has 2 aromatic heterocycles. The highest BCUT2D eigenvalue weighted by atomic mass is 16.2. The van der Waals surface area contributed by atoms with E-state index in [2.05, 4.69) is 45.8 Å². The van der Waals surface area contributed by atoms with Gasteiger partial charge in [-0.15, -0.1) is 0 Å². The third-order valence-corrected chi connectivity index (χ3v) is 4.61. The van der Waals surface area contributed by atoms with Crippen molar-refractivity contribution < 1.29 is 4.79 Å². The summed E-state index contributed by atoms with van der Waals surface area (Å²) in [7, 11) is 0. The Morgan fingerprint density at radius 3 is 2.78 bits per heavy atom. The minimum absolute atomic E-state index is 0.145. The Kier molecular flexibility index (Phi) is 4.46. The molecule has 0 fully saturated rings. The van der Waals surface area contributed by atoms with Gasteiger partial charge in [-0.05, 0) is 35.7 Å². The van der Waals surface area contributed by atoms with Crippen molar-refractivity contribution in [2.75, 3.05) is 5.32 Å². The minimum Gasteiger partial charge on any atom is -0.307 e. The van der Waals surface area contributed by atoms with E-state index in [1.807, 2.05) is 49.1 Å². The zero-order valence-electron chi connectivity index (χ0n) is 15.3. The van der Waals surface area contributed by atoms with E-state index >= 15 is 0 Å². The van der Waals surface area contributed by atoms with E-state index in [4.69, 9.17) is 0 Å². The third kappa shape index (κ3) is 3.60. The Morgan fingerprint density at radius 1 is 1.15 bits per heavy atom. The monoisotopic (exact) mass is 359 g/mol. The van der Waals surface area contributed by atoms with Crippen molar-refractivity contribution in [3.63, 3.8) is 0 Å². The number of aryl methyl sites for hydroxylation is 1. The maximum absolute atomic E-state index is 12.4. The van der Waals surface area contributed by atoms with E-state index in [0.29, 0.717) is 12.4 Å². The first-order chi connectivity index (χ1) is 13.1. The molecule has 1 atom stereocenters. The van der Waals surface area contributed by atoms with Gasteiger partial charge in [0.15, 0.2) is 5.82 Å². The standard InChI is InChI=1S/C21H21N5O/c1-15-12-22-26(13-15)16(2)21(27)23-20-10-11-25(24-20)14-18-8-5-7-17-6-3-4-9-19(17)18/h3-13,16H,14H2,1-2H3,(H,23,24,27). The van der Waals surface area contributed by atoms with Gasteiger partial charge in [-0.2, -0.15) is 10.2 Å². The van der Waals surface area contributed by atoms with Gasteiger partial charge in [0.1, 0.15) is 6.04 Å². The number of carbonyl (C=O) groups excluding carboxylic acids is 1. The molecule has 2 aromatic carbocycles. The van der Waals surface area contributed by atoms with Crippen LogP contribution in [0.25, 0.3) is 10.8 Å². The summed E-state index contributed by atoms with van der Waals surface area (Å²) in [4.78, 5) is 12.4. The van der Waals surface area contributed by atoms with Crippen molar-refractivity contribution in [1.29, 1.82) is 0 Å². The predicted octanol–water partition coefficient (Wildman–Crippen LogP) is 3.79. The molecule has 0 aliphatic heterocycles. The number of nitrogens with one attached hydrogen (secondary N) is 1. The second-order valence-corrected chi connectivity index (χ2v) is 6.70. The summed E-state index contributed by atoms with van der Waals surface area (Å²) in [5.74, 6) is 0.393. The van der Waals surface area contributed by atoms with Gasteiger partial charge in [-0.3, -0.25) is 14.2 Å². The third-order valence-electron chi connectivity index (χ3n) is 4.61. The molecule has 0 radical (unpaired) electrons. The largest absolute Gasteiger partial charge is 0.307 e. The Balaban J connectivity index is 1.48. The number of anilines is 1. The highest BCUT2D eigenvalue weighted by Gasteiger charge is 2.16. The number of amides is 1. The van der Waals surface area contributed by atoms with Crippen molar-refractivity contribution in [3.8, 4) is 0 Å². The number of hydrogen-bond acceptors (Lipinski definition) is 3. The molecule has 1 amide bonds. The number of rotatable bonds is 5. The number of aromatic nitrogens is 4. The van der Waals surface area contributed by atoms with E-state index in [9.17, 15) is 4.79 Å². The predicted molar refractivity (Wildman–Crippen MR) is 106 cm³/mol. The van der Waals surface area contributed by atoms with Gasteiger partial charge in [0, 0.05) is 18.5 Å². The number of benzene rings is 2. The van der Waals surface area contributed by atoms with E-state index in [1.54, 1.807) is 10.9 Å². The number of nitrogens with zero attached hydrogens (tertiary/aromatic N) is 4. The summed E-state index contributed by atoms with van der Waals surface area (Å²) in [6.07, 6.45) is 5.46. The van der Waals surface area contributed by atoms with Crippen molar-refractivity contribution in [2.24, 2.45) is 0 Å². The number of hydrogen-bond donors (Lipinski definition) is 1. The van der Waals surface area contributed by atoms with Crippen LogP contribution in [0.2, 0.25) is 0 Å². The lowest BCUT2D eigenvalue weighted by Gasteiger charge is -2.11. The zero-order valence-corrected chi connectivity index (χ0v) is 15.3. The summed E-state index contributed by atoms with van der Waals surface area (Å²) in [5.41, 5.74) is 2.21. The molecule has 27 heavy (non-hydrogen) atoms. The van der Waals surface area contributed by atoms with Gasteiger partial charge in [0.2, 0.25) is 5.91 Å². The Labute approximate surface area is 157 Å². The summed E-state index contributed by atoms with van der Waals surface area (Å²) in [6.45, 7) is 4.41. The molecular weight excluding hydrogens is 338 g/mol. The van der Waals surface area contributed by atoms with Crippen molar-refractivity contribution in [3.05, 3.63) is 78.2 Å². The molecular formula is C21H21N5O. The maximum Gasteiger partial charge on any atom is 0.250 e. The van der Waals surface area contributed by atoms with Crippen molar-refractivity contribution in [2.45, 2.75) is 26.4 Å². The summed E-state index contributed by atoms with van der Waals surface area (Å²) >= 11 is 0. The fraction of sp³-hybridized carbons (Fsp3) is 0.190. The van der Waals surface area contributed by atoms with Crippen LogP contribution < -0.4 is 5.32 Å². The Hall–Kier alpha value is -3.41. The highest BCUT2D eigenvalue weighted by molar-refractivity contribution is 5.92. The van der Waals surface area contributed by atoms with Gasteiger partial charge in [0.05, 0.1) is 12.7 Å². The first-order valence-corrected chi connectivity index (χ1v) is 8.92. The van der Waals surface area contributed by atoms with Gasteiger partial charge < -0.3 is 5.32 Å². The molecule has 2 heterocycles. The van der Waals surface area contributed by atoms with Gasteiger partial charge in [0.25, 0.3) is 0 Å². The first kappa shape index (κ1) is 17.0.